The van der Waals surface area contributed by atoms with E-state index in [-0.39, 0.29) is 23.1 Å². The molecule has 2 aromatic heterocycles. The highest BCUT2D eigenvalue weighted by atomic mass is 19.1. The Morgan fingerprint density at radius 3 is 2.85 bits per heavy atom. The van der Waals surface area contributed by atoms with E-state index in [4.69, 9.17) is 4.52 Å². The van der Waals surface area contributed by atoms with Crippen LogP contribution in [0.25, 0.3) is 0 Å². The molecule has 1 fully saturated rings. The molecule has 0 bridgehead atoms. The minimum absolute atomic E-state index is 0.0698. The lowest BCUT2D eigenvalue weighted by molar-refractivity contribution is 0.0930. The molecule has 0 spiro atoms. The van der Waals surface area contributed by atoms with Crippen LogP contribution in [0.15, 0.2) is 23.0 Å². The molecule has 0 aliphatic carbocycles. The standard InChI is InChI=1S/C18H26FN5O2/c1-18(2,3)15-8-14(22-26-15)17(25)21-9-13-7-12(19)10-24(13)11-16-20-5-6-23(16)4/h5-6,8,12-13H,7,9-11H2,1-4H3,(H,21,25)/t12-,13-/m0/s1. The summed E-state index contributed by atoms with van der Waals surface area (Å²) in [6, 6.07) is 1.59. The molecular formula is C18H26FN5O2. The van der Waals surface area contributed by atoms with Crippen LogP contribution in [0.2, 0.25) is 0 Å². The summed E-state index contributed by atoms with van der Waals surface area (Å²) in [6.07, 6.45) is 3.10. The molecule has 3 heterocycles. The largest absolute Gasteiger partial charge is 0.360 e. The molecule has 1 N–H and O–H groups in total. The van der Waals surface area contributed by atoms with Gasteiger partial charge < -0.3 is 14.4 Å². The number of aromatic nitrogens is 3. The Morgan fingerprint density at radius 2 is 2.23 bits per heavy atom. The Kier molecular flexibility index (Phi) is 5.13. The monoisotopic (exact) mass is 363 g/mol. The molecule has 2 atom stereocenters. The van der Waals surface area contributed by atoms with E-state index in [9.17, 15) is 9.18 Å². The zero-order valence-corrected chi connectivity index (χ0v) is 15.7. The Balaban J connectivity index is 1.59. The van der Waals surface area contributed by atoms with E-state index in [0.717, 1.165) is 5.82 Å². The molecule has 0 radical (unpaired) electrons. The van der Waals surface area contributed by atoms with E-state index in [1.54, 1.807) is 12.3 Å². The summed E-state index contributed by atoms with van der Waals surface area (Å²) >= 11 is 0. The highest BCUT2D eigenvalue weighted by molar-refractivity contribution is 5.92. The summed E-state index contributed by atoms with van der Waals surface area (Å²) < 4.78 is 21.1. The fraction of sp³-hybridized carbons (Fsp3) is 0.611. The Hall–Kier alpha value is -2.22. The van der Waals surface area contributed by atoms with Crippen LogP contribution in [0.3, 0.4) is 0 Å². The number of nitrogens with one attached hydrogen (secondary N) is 1. The van der Waals surface area contributed by atoms with E-state index in [2.05, 4.69) is 15.5 Å². The molecule has 1 amide bonds. The first kappa shape index (κ1) is 18.6. The second-order valence-electron chi connectivity index (χ2n) is 7.91. The SMILES string of the molecule is Cn1ccnc1CN1C[C@@H](F)C[C@H]1CNC(=O)c1cc(C(C)(C)C)on1. The minimum Gasteiger partial charge on any atom is -0.360 e. The molecule has 26 heavy (non-hydrogen) atoms. The third kappa shape index (κ3) is 4.12. The summed E-state index contributed by atoms with van der Waals surface area (Å²) in [5.74, 6) is 1.23. The van der Waals surface area contributed by atoms with Crippen LogP contribution in [0.4, 0.5) is 4.39 Å². The number of hydrogen-bond donors (Lipinski definition) is 1. The molecule has 1 aliphatic heterocycles. The Morgan fingerprint density at radius 1 is 1.46 bits per heavy atom. The zero-order valence-electron chi connectivity index (χ0n) is 15.7. The van der Waals surface area contributed by atoms with Crippen LogP contribution in [0.1, 0.15) is 49.3 Å². The number of halogens is 1. The first-order chi connectivity index (χ1) is 12.2. The van der Waals surface area contributed by atoms with E-state index in [0.29, 0.717) is 31.8 Å². The smallest absolute Gasteiger partial charge is 0.273 e. The van der Waals surface area contributed by atoms with Crippen molar-refractivity contribution in [3.63, 3.8) is 0 Å². The number of amides is 1. The maximum atomic E-state index is 13.9. The lowest BCUT2D eigenvalue weighted by Gasteiger charge is -2.23. The van der Waals surface area contributed by atoms with Gasteiger partial charge in [0.2, 0.25) is 0 Å². The predicted molar refractivity (Wildman–Crippen MR) is 94.5 cm³/mol. The van der Waals surface area contributed by atoms with Crippen molar-refractivity contribution in [1.82, 2.24) is 24.9 Å². The molecule has 2 aromatic rings. The number of aryl methyl sites for hydroxylation is 1. The van der Waals surface area contributed by atoms with Gasteiger partial charge in [-0.25, -0.2) is 9.37 Å². The van der Waals surface area contributed by atoms with Gasteiger partial charge in [-0.3, -0.25) is 9.69 Å². The van der Waals surface area contributed by atoms with Gasteiger partial charge in [0.1, 0.15) is 17.8 Å². The van der Waals surface area contributed by atoms with Crippen LogP contribution in [0, 0.1) is 0 Å². The first-order valence-corrected chi connectivity index (χ1v) is 8.83. The van der Waals surface area contributed by atoms with Crippen LogP contribution in [0.5, 0.6) is 0 Å². The van der Waals surface area contributed by atoms with Crippen molar-refractivity contribution in [2.24, 2.45) is 7.05 Å². The third-order valence-corrected chi connectivity index (χ3v) is 4.72. The number of nitrogens with zero attached hydrogens (tertiary/aromatic N) is 4. The second kappa shape index (κ2) is 7.19. The number of alkyl halides is 1. The van der Waals surface area contributed by atoms with E-state index < -0.39 is 6.17 Å². The maximum Gasteiger partial charge on any atom is 0.273 e. The van der Waals surface area contributed by atoms with Crippen LogP contribution < -0.4 is 5.32 Å². The van der Waals surface area contributed by atoms with Gasteiger partial charge in [-0.05, 0) is 6.42 Å². The van der Waals surface area contributed by atoms with E-state index in [1.807, 2.05) is 43.5 Å². The number of rotatable bonds is 5. The van der Waals surface area contributed by atoms with Crippen molar-refractivity contribution in [1.29, 1.82) is 0 Å². The predicted octanol–water partition coefficient (Wildman–Crippen LogP) is 2.05. The third-order valence-electron chi connectivity index (χ3n) is 4.72. The maximum absolute atomic E-state index is 13.9. The average Bonchev–Trinajstić information content (AvgIpc) is 3.26. The average molecular weight is 363 g/mol. The molecule has 3 rings (SSSR count). The number of carbonyl (C=O) groups is 1. The van der Waals surface area contributed by atoms with E-state index >= 15 is 0 Å². The molecule has 142 valence electrons. The fourth-order valence-corrected chi connectivity index (χ4v) is 3.10. The lowest BCUT2D eigenvalue weighted by atomic mass is 9.93. The molecular weight excluding hydrogens is 337 g/mol. The van der Waals surface area contributed by atoms with Crippen LogP contribution in [-0.2, 0) is 19.0 Å². The molecule has 0 saturated carbocycles. The molecule has 0 unspecified atom stereocenters. The van der Waals surface area contributed by atoms with Crippen molar-refractivity contribution in [3.8, 4) is 0 Å². The molecule has 1 saturated heterocycles. The highest BCUT2D eigenvalue weighted by Gasteiger charge is 2.33. The summed E-state index contributed by atoms with van der Waals surface area (Å²) in [4.78, 5) is 18.7. The number of likely N-dealkylation sites (tertiary alicyclic amines) is 1. The Bertz CT molecular complexity index is 764. The van der Waals surface area contributed by atoms with Gasteiger partial charge in [0, 0.05) is 50.1 Å². The summed E-state index contributed by atoms with van der Waals surface area (Å²) in [5.41, 5.74) is 0.0393. The van der Waals surface area contributed by atoms with Gasteiger partial charge in [0.05, 0.1) is 6.54 Å². The van der Waals surface area contributed by atoms with E-state index in [1.165, 1.54) is 0 Å². The number of imidazole rings is 1. The lowest BCUT2D eigenvalue weighted by Crippen LogP contribution is -2.40. The molecule has 1 aliphatic rings. The topological polar surface area (TPSA) is 76.2 Å². The van der Waals surface area contributed by atoms with Crippen molar-refractivity contribution >= 4 is 5.91 Å². The molecule has 7 nitrogen and oxygen atoms in total. The van der Waals surface area contributed by atoms with Gasteiger partial charge in [-0.1, -0.05) is 25.9 Å². The van der Waals surface area contributed by atoms with Crippen molar-refractivity contribution in [2.75, 3.05) is 13.1 Å². The second-order valence-corrected chi connectivity index (χ2v) is 7.91. The minimum atomic E-state index is -0.892. The van der Waals surface area contributed by atoms with Gasteiger partial charge in [0.25, 0.3) is 5.91 Å². The Labute approximate surface area is 152 Å². The number of hydrogen-bond acceptors (Lipinski definition) is 5. The van der Waals surface area contributed by atoms with Gasteiger partial charge >= 0.3 is 0 Å². The normalized spacial score (nSPS) is 21.3. The zero-order chi connectivity index (χ0) is 18.9. The summed E-state index contributed by atoms with van der Waals surface area (Å²) in [7, 11) is 1.92. The van der Waals surface area contributed by atoms with Gasteiger partial charge in [-0.15, -0.1) is 0 Å². The molecule has 8 heteroatoms. The van der Waals surface area contributed by atoms with Crippen molar-refractivity contribution < 1.29 is 13.7 Å². The van der Waals surface area contributed by atoms with Crippen molar-refractivity contribution in [3.05, 3.63) is 35.7 Å². The fourth-order valence-electron chi connectivity index (χ4n) is 3.10. The van der Waals surface area contributed by atoms with Gasteiger partial charge in [-0.2, -0.15) is 0 Å². The highest BCUT2D eigenvalue weighted by Crippen LogP contribution is 2.23. The first-order valence-electron chi connectivity index (χ1n) is 8.83. The number of carbonyl (C=O) groups excluding carboxylic acids is 1. The van der Waals surface area contributed by atoms with Crippen LogP contribution in [-0.4, -0.2) is 50.8 Å². The molecule has 0 aromatic carbocycles. The quantitative estimate of drug-likeness (QED) is 0.880. The van der Waals surface area contributed by atoms with Crippen LogP contribution >= 0.6 is 0 Å². The summed E-state index contributed by atoms with van der Waals surface area (Å²) in [6.45, 7) is 7.25. The summed E-state index contributed by atoms with van der Waals surface area (Å²) in [5, 5.41) is 6.70. The van der Waals surface area contributed by atoms with Crippen molar-refractivity contribution in [2.45, 2.75) is 51.4 Å². The van der Waals surface area contributed by atoms with Gasteiger partial charge in [0.15, 0.2) is 5.69 Å².